The number of carbonyl (C=O) groups excluding carboxylic acids is 1. The number of nitrogens with two attached hydrogens (primary N) is 1. The van der Waals surface area contributed by atoms with Crippen molar-refractivity contribution in [2.24, 2.45) is 0 Å². The molecular formula is C28H29N5O2. The summed E-state index contributed by atoms with van der Waals surface area (Å²) in [7, 11) is 0. The van der Waals surface area contributed by atoms with E-state index in [1.807, 2.05) is 89.8 Å². The van der Waals surface area contributed by atoms with Crippen LogP contribution in [0.2, 0.25) is 0 Å². The molecule has 1 saturated heterocycles. The summed E-state index contributed by atoms with van der Waals surface area (Å²) in [5.74, 6) is 1.22. The molecule has 7 heteroatoms. The Morgan fingerprint density at radius 1 is 0.829 bits per heavy atom. The minimum Gasteiger partial charge on any atom is -0.383 e. The lowest BCUT2D eigenvalue weighted by Crippen LogP contribution is -2.49. The smallest absolute Gasteiger partial charge is 0.248 e. The van der Waals surface area contributed by atoms with Crippen molar-refractivity contribution in [1.82, 2.24) is 19.8 Å². The molecule has 4 aromatic rings. The molecule has 1 fully saturated rings. The zero-order chi connectivity index (χ0) is 24.0. The van der Waals surface area contributed by atoms with Crippen LogP contribution in [0.1, 0.15) is 23.1 Å². The Hall–Kier alpha value is -3.81. The largest absolute Gasteiger partial charge is 0.383 e. The van der Waals surface area contributed by atoms with E-state index in [-0.39, 0.29) is 18.6 Å². The Bertz CT molecular complexity index is 1240. The number of nitrogen functional groups attached to an aromatic ring is 1. The molecule has 0 bridgehead atoms. The number of hydrogen-bond donors (Lipinski definition) is 1. The van der Waals surface area contributed by atoms with Crippen LogP contribution in [0.4, 0.5) is 5.82 Å². The van der Waals surface area contributed by atoms with Gasteiger partial charge in [0.15, 0.2) is 0 Å². The number of carbonyl (C=O) groups is 1. The van der Waals surface area contributed by atoms with Crippen molar-refractivity contribution in [2.75, 3.05) is 38.5 Å². The minimum absolute atomic E-state index is 0.00714. The van der Waals surface area contributed by atoms with Crippen molar-refractivity contribution in [1.29, 1.82) is 0 Å². The van der Waals surface area contributed by atoms with Crippen molar-refractivity contribution in [3.05, 3.63) is 102 Å². The molecule has 178 valence electrons. The van der Waals surface area contributed by atoms with Gasteiger partial charge in [0, 0.05) is 31.6 Å². The third kappa shape index (κ3) is 5.48. The van der Waals surface area contributed by atoms with E-state index in [4.69, 9.17) is 10.5 Å². The van der Waals surface area contributed by atoms with E-state index in [1.54, 1.807) is 0 Å². The summed E-state index contributed by atoms with van der Waals surface area (Å²) in [6.07, 6.45) is -0.279. The SMILES string of the molecule is Nc1nc(CN2CCN(C(=O)COC(c3ccccc3)c3ccccc3)CC2)nc2ccccc12. The van der Waals surface area contributed by atoms with Gasteiger partial charge in [-0.1, -0.05) is 72.8 Å². The van der Waals surface area contributed by atoms with E-state index in [0.29, 0.717) is 31.3 Å². The molecule has 1 aromatic heterocycles. The van der Waals surface area contributed by atoms with Crippen molar-refractivity contribution in [3.8, 4) is 0 Å². The Balaban J connectivity index is 1.17. The number of aromatic nitrogens is 2. The molecular weight excluding hydrogens is 438 g/mol. The number of amides is 1. The van der Waals surface area contributed by atoms with Crippen molar-refractivity contribution >= 4 is 22.6 Å². The van der Waals surface area contributed by atoms with Crippen LogP contribution in [0.5, 0.6) is 0 Å². The lowest BCUT2D eigenvalue weighted by Gasteiger charge is -2.34. The van der Waals surface area contributed by atoms with Gasteiger partial charge in [0.25, 0.3) is 0 Å². The van der Waals surface area contributed by atoms with Gasteiger partial charge in [-0.25, -0.2) is 9.97 Å². The molecule has 1 aliphatic heterocycles. The maximum atomic E-state index is 13.0. The number of piperazine rings is 1. The molecule has 0 radical (unpaired) electrons. The second-order valence-corrected chi connectivity index (χ2v) is 8.71. The molecule has 0 atom stereocenters. The van der Waals surface area contributed by atoms with Gasteiger partial charge in [-0.3, -0.25) is 9.69 Å². The lowest BCUT2D eigenvalue weighted by molar-refractivity contribution is -0.139. The highest BCUT2D eigenvalue weighted by molar-refractivity contribution is 5.87. The first-order valence-electron chi connectivity index (χ1n) is 11.9. The van der Waals surface area contributed by atoms with Crippen LogP contribution in [0.3, 0.4) is 0 Å². The van der Waals surface area contributed by atoms with Gasteiger partial charge >= 0.3 is 0 Å². The van der Waals surface area contributed by atoms with E-state index >= 15 is 0 Å². The van der Waals surface area contributed by atoms with Crippen LogP contribution in [0, 0.1) is 0 Å². The number of benzene rings is 3. The molecule has 3 aromatic carbocycles. The van der Waals surface area contributed by atoms with Gasteiger partial charge in [-0.05, 0) is 23.3 Å². The Morgan fingerprint density at radius 3 is 2.09 bits per heavy atom. The summed E-state index contributed by atoms with van der Waals surface area (Å²) in [5, 5.41) is 0.871. The van der Waals surface area contributed by atoms with Crippen molar-refractivity contribution in [2.45, 2.75) is 12.6 Å². The van der Waals surface area contributed by atoms with Crippen LogP contribution in [-0.2, 0) is 16.1 Å². The van der Waals surface area contributed by atoms with E-state index < -0.39 is 0 Å². The van der Waals surface area contributed by atoms with E-state index in [0.717, 1.165) is 35.1 Å². The zero-order valence-corrected chi connectivity index (χ0v) is 19.6. The molecule has 1 amide bonds. The minimum atomic E-state index is -0.279. The average molecular weight is 468 g/mol. The molecule has 0 saturated carbocycles. The average Bonchev–Trinajstić information content (AvgIpc) is 2.90. The summed E-state index contributed by atoms with van der Waals surface area (Å²) in [4.78, 5) is 26.2. The predicted octanol–water partition coefficient (Wildman–Crippen LogP) is 3.66. The second-order valence-electron chi connectivity index (χ2n) is 8.71. The van der Waals surface area contributed by atoms with Gasteiger partial charge in [-0.15, -0.1) is 0 Å². The van der Waals surface area contributed by atoms with Crippen molar-refractivity contribution < 1.29 is 9.53 Å². The number of para-hydroxylation sites is 1. The Labute approximate surface area is 205 Å². The summed E-state index contributed by atoms with van der Waals surface area (Å²) in [6.45, 7) is 3.45. The number of ether oxygens (including phenoxy) is 1. The fraction of sp³-hybridized carbons (Fsp3) is 0.250. The first-order valence-corrected chi connectivity index (χ1v) is 11.9. The topological polar surface area (TPSA) is 84.6 Å². The van der Waals surface area contributed by atoms with Crippen LogP contribution in [0.15, 0.2) is 84.9 Å². The van der Waals surface area contributed by atoms with Gasteiger partial charge in [0.1, 0.15) is 24.4 Å². The zero-order valence-electron chi connectivity index (χ0n) is 19.6. The summed E-state index contributed by atoms with van der Waals surface area (Å²) in [5.41, 5.74) is 9.05. The third-order valence-electron chi connectivity index (χ3n) is 6.35. The van der Waals surface area contributed by atoms with E-state index in [1.165, 1.54) is 0 Å². The second kappa shape index (κ2) is 10.6. The monoisotopic (exact) mass is 467 g/mol. The number of hydrogen-bond acceptors (Lipinski definition) is 6. The van der Waals surface area contributed by atoms with Crippen LogP contribution in [-0.4, -0.2) is 58.5 Å². The van der Waals surface area contributed by atoms with Crippen LogP contribution in [0.25, 0.3) is 10.9 Å². The van der Waals surface area contributed by atoms with Gasteiger partial charge in [-0.2, -0.15) is 0 Å². The summed E-state index contributed by atoms with van der Waals surface area (Å²) >= 11 is 0. The molecule has 5 rings (SSSR count). The molecule has 35 heavy (non-hydrogen) atoms. The lowest BCUT2D eigenvalue weighted by atomic mass is 10.0. The number of anilines is 1. The number of fused-ring (bicyclic) bond motifs is 1. The normalized spacial score (nSPS) is 14.5. The van der Waals surface area contributed by atoms with E-state index in [2.05, 4.69) is 14.9 Å². The molecule has 2 heterocycles. The van der Waals surface area contributed by atoms with E-state index in [9.17, 15) is 4.79 Å². The molecule has 1 aliphatic rings. The summed E-state index contributed by atoms with van der Waals surface area (Å²) in [6, 6.07) is 27.8. The standard InChI is InChI=1S/C28H29N5O2/c29-28-23-13-7-8-14-24(23)30-25(31-28)19-32-15-17-33(18-16-32)26(34)20-35-27(21-9-3-1-4-10-21)22-11-5-2-6-12-22/h1-14,27H,15-20H2,(H2,29,30,31). The van der Waals surface area contributed by atoms with Crippen molar-refractivity contribution in [3.63, 3.8) is 0 Å². The van der Waals surface area contributed by atoms with Gasteiger partial charge in [0.05, 0.1) is 12.1 Å². The Morgan fingerprint density at radius 2 is 1.43 bits per heavy atom. The Kier molecular flexibility index (Phi) is 6.97. The van der Waals surface area contributed by atoms with Gasteiger partial charge in [0.2, 0.25) is 5.91 Å². The number of nitrogens with zero attached hydrogens (tertiary/aromatic N) is 4. The van der Waals surface area contributed by atoms with Gasteiger partial charge < -0.3 is 15.4 Å². The fourth-order valence-electron chi connectivity index (χ4n) is 4.46. The molecule has 0 aliphatic carbocycles. The molecule has 2 N–H and O–H groups in total. The fourth-order valence-corrected chi connectivity index (χ4v) is 4.46. The highest BCUT2D eigenvalue weighted by Crippen LogP contribution is 2.26. The first kappa shape index (κ1) is 23.0. The number of rotatable bonds is 7. The third-order valence-corrected chi connectivity index (χ3v) is 6.35. The first-order chi connectivity index (χ1) is 17.2. The maximum absolute atomic E-state index is 13.0. The van der Waals surface area contributed by atoms with Crippen LogP contribution < -0.4 is 5.73 Å². The molecule has 0 spiro atoms. The summed E-state index contributed by atoms with van der Waals surface area (Å²) < 4.78 is 6.17. The highest BCUT2D eigenvalue weighted by atomic mass is 16.5. The highest BCUT2D eigenvalue weighted by Gasteiger charge is 2.24. The maximum Gasteiger partial charge on any atom is 0.248 e. The van der Waals surface area contributed by atoms with Crippen LogP contribution >= 0.6 is 0 Å². The predicted molar refractivity (Wildman–Crippen MR) is 136 cm³/mol. The molecule has 7 nitrogen and oxygen atoms in total. The molecule has 0 unspecified atom stereocenters. The quantitative estimate of drug-likeness (QED) is 0.447.